The predicted octanol–water partition coefficient (Wildman–Crippen LogP) is 2.64. The van der Waals surface area contributed by atoms with Crippen LogP contribution < -0.4 is 11.1 Å². The van der Waals surface area contributed by atoms with Gasteiger partial charge in [0.05, 0.1) is 17.2 Å². The summed E-state index contributed by atoms with van der Waals surface area (Å²) in [6.45, 7) is 6.90. The molecule has 0 saturated carbocycles. The van der Waals surface area contributed by atoms with Crippen LogP contribution in [-0.4, -0.2) is 24.7 Å². The molecule has 2 atom stereocenters. The van der Waals surface area contributed by atoms with Crippen molar-refractivity contribution < 1.29 is 4.74 Å². The number of nitrogens with two attached hydrogens (primary N) is 1. The van der Waals surface area contributed by atoms with E-state index in [4.69, 9.17) is 22.1 Å². The molecule has 0 aromatic carbocycles. The van der Waals surface area contributed by atoms with Gasteiger partial charge in [0, 0.05) is 18.4 Å². The third kappa shape index (κ3) is 3.57. The summed E-state index contributed by atoms with van der Waals surface area (Å²) < 4.78 is 5.82. The molecule has 1 rings (SSSR count). The van der Waals surface area contributed by atoms with Gasteiger partial charge in [-0.1, -0.05) is 25.4 Å². The summed E-state index contributed by atoms with van der Waals surface area (Å²) in [4.78, 5) is 4.10. The van der Waals surface area contributed by atoms with Gasteiger partial charge in [-0.15, -0.1) is 0 Å². The van der Waals surface area contributed by atoms with E-state index < -0.39 is 0 Å². The molecule has 0 aliphatic rings. The molecule has 0 aliphatic carbocycles. The van der Waals surface area contributed by atoms with E-state index in [0.717, 1.165) is 5.56 Å². The van der Waals surface area contributed by atoms with E-state index in [1.165, 1.54) is 0 Å². The maximum atomic E-state index is 5.99. The van der Waals surface area contributed by atoms with Gasteiger partial charge >= 0.3 is 0 Å². The van der Waals surface area contributed by atoms with Gasteiger partial charge in [0.2, 0.25) is 0 Å². The molecule has 102 valence electrons. The molecular weight excluding hydrogens is 250 g/mol. The lowest BCUT2D eigenvalue weighted by Crippen LogP contribution is -2.36. The number of pyridine rings is 1. The van der Waals surface area contributed by atoms with Crippen molar-refractivity contribution >= 4 is 17.4 Å². The second-order valence-electron chi connectivity index (χ2n) is 4.56. The van der Waals surface area contributed by atoms with Crippen molar-refractivity contribution in [3.05, 3.63) is 22.8 Å². The Morgan fingerprint density at radius 3 is 2.67 bits per heavy atom. The van der Waals surface area contributed by atoms with E-state index >= 15 is 0 Å². The van der Waals surface area contributed by atoms with Crippen molar-refractivity contribution in [2.75, 3.05) is 19.4 Å². The van der Waals surface area contributed by atoms with Crippen molar-refractivity contribution in [1.29, 1.82) is 0 Å². The summed E-state index contributed by atoms with van der Waals surface area (Å²) in [5.41, 5.74) is 6.82. The maximum absolute atomic E-state index is 5.99. The molecule has 0 radical (unpaired) electrons. The topological polar surface area (TPSA) is 60.2 Å². The first-order valence-corrected chi connectivity index (χ1v) is 6.58. The van der Waals surface area contributed by atoms with Gasteiger partial charge in [-0.05, 0) is 26.0 Å². The molecule has 1 aromatic heterocycles. The number of ether oxygens (including phenoxy) is 1. The molecular formula is C13H22ClN3O. The van der Waals surface area contributed by atoms with Gasteiger partial charge in [0.15, 0.2) is 0 Å². The lowest BCUT2D eigenvalue weighted by Gasteiger charge is -2.30. The van der Waals surface area contributed by atoms with E-state index in [-0.39, 0.29) is 12.1 Å². The third-order valence-corrected chi connectivity index (χ3v) is 3.11. The summed E-state index contributed by atoms with van der Waals surface area (Å²) in [6.07, 6.45) is 1.58. The molecule has 0 amide bonds. The molecule has 0 aliphatic heterocycles. The van der Waals surface area contributed by atoms with E-state index in [2.05, 4.69) is 24.1 Å². The van der Waals surface area contributed by atoms with Crippen LogP contribution in [0.3, 0.4) is 0 Å². The highest BCUT2D eigenvalue weighted by molar-refractivity contribution is 6.30. The summed E-state index contributed by atoms with van der Waals surface area (Å²) in [5, 5.41) is 3.83. The monoisotopic (exact) mass is 271 g/mol. The Morgan fingerprint density at radius 1 is 1.50 bits per heavy atom. The first-order valence-electron chi connectivity index (χ1n) is 6.21. The highest BCUT2D eigenvalue weighted by atomic mass is 35.5. The number of aromatic nitrogens is 1. The van der Waals surface area contributed by atoms with Crippen LogP contribution in [-0.2, 0) is 4.74 Å². The van der Waals surface area contributed by atoms with Crippen molar-refractivity contribution in [1.82, 2.24) is 10.3 Å². The summed E-state index contributed by atoms with van der Waals surface area (Å²) >= 11 is 5.99. The Kier molecular flexibility index (Phi) is 5.85. The van der Waals surface area contributed by atoms with Crippen LogP contribution in [0.25, 0.3) is 0 Å². The second kappa shape index (κ2) is 6.92. The maximum Gasteiger partial charge on any atom is 0.128 e. The van der Waals surface area contributed by atoms with Gasteiger partial charge in [0.25, 0.3) is 0 Å². The number of halogens is 1. The predicted molar refractivity (Wildman–Crippen MR) is 75.7 cm³/mol. The fourth-order valence-electron chi connectivity index (χ4n) is 2.08. The molecule has 0 spiro atoms. The first-order chi connectivity index (χ1) is 8.51. The van der Waals surface area contributed by atoms with Crippen molar-refractivity contribution in [2.45, 2.75) is 32.9 Å². The van der Waals surface area contributed by atoms with Crippen molar-refractivity contribution in [3.63, 3.8) is 0 Å². The highest BCUT2D eigenvalue weighted by Gasteiger charge is 2.27. The van der Waals surface area contributed by atoms with Crippen LogP contribution in [0.4, 0.5) is 5.82 Å². The quantitative estimate of drug-likeness (QED) is 0.835. The smallest absolute Gasteiger partial charge is 0.128 e. The molecule has 0 bridgehead atoms. The van der Waals surface area contributed by atoms with Crippen LogP contribution in [0, 0.1) is 5.92 Å². The second-order valence-corrected chi connectivity index (χ2v) is 4.99. The normalized spacial score (nSPS) is 14.8. The minimum absolute atomic E-state index is 0.0175. The van der Waals surface area contributed by atoms with E-state index in [0.29, 0.717) is 23.4 Å². The average molecular weight is 272 g/mol. The Balaban J connectivity index is 3.10. The zero-order valence-electron chi connectivity index (χ0n) is 11.4. The first kappa shape index (κ1) is 15.2. The van der Waals surface area contributed by atoms with Crippen LogP contribution in [0.5, 0.6) is 0 Å². The molecule has 3 N–H and O–H groups in total. The number of hydrogen-bond donors (Lipinski definition) is 2. The zero-order chi connectivity index (χ0) is 13.7. The minimum Gasteiger partial charge on any atom is -0.383 e. The van der Waals surface area contributed by atoms with Crippen molar-refractivity contribution in [3.8, 4) is 0 Å². The molecule has 4 nitrogen and oxygen atoms in total. The van der Waals surface area contributed by atoms with E-state index in [1.54, 1.807) is 6.20 Å². The fraction of sp³-hybridized carbons (Fsp3) is 0.615. The van der Waals surface area contributed by atoms with Crippen LogP contribution in [0.15, 0.2) is 12.3 Å². The fourth-order valence-corrected chi connectivity index (χ4v) is 2.24. The molecule has 18 heavy (non-hydrogen) atoms. The number of nitrogen functional groups attached to an aromatic ring is 1. The van der Waals surface area contributed by atoms with Crippen molar-refractivity contribution in [2.24, 2.45) is 5.92 Å². The largest absolute Gasteiger partial charge is 0.383 e. The highest BCUT2D eigenvalue weighted by Crippen LogP contribution is 2.29. The Morgan fingerprint density at radius 2 is 2.17 bits per heavy atom. The van der Waals surface area contributed by atoms with Gasteiger partial charge in [0.1, 0.15) is 5.82 Å². The average Bonchev–Trinajstić information content (AvgIpc) is 2.33. The standard InChI is InChI=1S/C13H22ClN3O/c1-5-18-12(8(2)3)11(16-4)10-6-9(14)7-17-13(10)15/h6-8,11-12,16H,5H2,1-4H3,(H2,15,17). The van der Waals surface area contributed by atoms with Gasteiger partial charge in [-0.3, -0.25) is 0 Å². The SMILES string of the molecule is CCOC(C(C)C)C(NC)c1cc(Cl)cnc1N. The molecule has 0 saturated heterocycles. The molecule has 5 heteroatoms. The lowest BCUT2D eigenvalue weighted by atomic mass is 9.94. The molecule has 1 aromatic rings. The van der Waals surface area contributed by atoms with Crippen LogP contribution in [0.2, 0.25) is 5.02 Å². The van der Waals surface area contributed by atoms with Gasteiger partial charge in [-0.25, -0.2) is 4.98 Å². The Labute approximate surface area is 114 Å². The Hall–Kier alpha value is -0.840. The number of rotatable bonds is 6. The molecule has 2 unspecified atom stereocenters. The molecule has 0 fully saturated rings. The van der Waals surface area contributed by atoms with Crippen LogP contribution in [0.1, 0.15) is 32.4 Å². The number of nitrogens with one attached hydrogen (secondary N) is 1. The number of nitrogens with zero attached hydrogens (tertiary/aromatic N) is 1. The Bertz CT molecular complexity index is 384. The summed E-state index contributed by atoms with van der Waals surface area (Å²) in [5.74, 6) is 0.852. The number of likely N-dealkylation sites (N-methyl/N-ethyl adjacent to an activating group) is 1. The zero-order valence-corrected chi connectivity index (χ0v) is 12.2. The summed E-state index contributed by atoms with van der Waals surface area (Å²) in [7, 11) is 1.89. The van der Waals surface area contributed by atoms with E-state index in [9.17, 15) is 0 Å². The lowest BCUT2D eigenvalue weighted by molar-refractivity contribution is 0.00471. The summed E-state index contributed by atoms with van der Waals surface area (Å²) in [6, 6.07) is 1.83. The minimum atomic E-state index is -0.0175. The van der Waals surface area contributed by atoms with Crippen LogP contribution >= 0.6 is 11.6 Å². The molecule has 1 heterocycles. The van der Waals surface area contributed by atoms with Gasteiger partial charge < -0.3 is 15.8 Å². The van der Waals surface area contributed by atoms with E-state index in [1.807, 2.05) is 20.0 Å². The number of hydrogen-bond acceptors (Lipinski definition) is 4. The third-order valence-electron chi connectivity index (χ3n) is 2.91. The van der Waals surface area contributed by atoms with Gasteiger partial charge in [-0.2, -0.15) is 0 Å². The number of anilines is 1.